The van der Waals surface area contributed by atoms with Crippen molar-refractivity contribution in [1.29, 1.82) is 0 Å². The molecule has 0 unspecified atom stereocenters. The summed E-state index contributed by atoms with van der Waals surface area (Å²) in [6, 6.07) is 11.8. The number of benzene rings is 1. The van der Waals surface area contributed by atoms with Crippen LogP contribution in [0.2, 0.25) is 0 Å². The number of aryl methyl sites for hydroxylation is 1. The fourth-order valence-corrected chi connectivity index (χ4v) is 3.49. The summed E-state index contributed by atoms with van der Waals surface area (Å²) in [5.74, 6) is 0.468. The molecule has 1 saturated heterocycles. The van der Waals surface area contributed by atoms with Crippen LogP contribution in [0.15, 0.2) is 47.0 Å². The van der Waals surface area contributed by atoms with E-state index in [1.54, 1.807) is 11.0 Å². The van der Waals surface area contributed by atoms with Crippen molar-refractivity contribution in [2.75, 3.05) is 18.0 Å². The zero-order chi connectivity index (χ0) is 22.0. The summed E-state index contributed by atoms with van der Waals surface area (Å²) in [4.78, 5) is 21.9. The number of halogens is 3. The fourth-order valence-electron chi connectivity index (χ4n) is 3.49. The molecule has 0 radical (unpaired) electrons. The Morgan fingerprint density at radius 3 is 2.52 bits per heavy atom. The summed E-state index contributed by atoms with van der Waals surface area (Å²) >= 11 is 0. The molecule has 0 bridgehead atoms. The Morgan fingerprint density at radius 2 is 1.84 bits per heavy atom. The summed E-state index contributed by atoms with van der Waals surface area (Å²) in [6.45, 7) is 2.37. The van der Waals surface area contributed by atoms with E-state index in [0.717, 1.165) is 11.6 Å². The van der Waals surface area contributed by atoms with Gasteiger partial charge in [0.15, 0.2) is 11.5 Å². The van der Waals surface area contributed by atoms with Gasteiger partial charge in [0.1, 0.15) is 17.3 Å². The Bertz CT molecular complexity index is 1060. The van der Waals surface area contributed by atoms with Gasteiger partial charge in [-0.15, -0.1) is 0 Å². The molecule has 3 aromatic rings. The third-order valence-corrected chi connectivity index (χ3v) is 5.07. The van der Waals surface area contributed by atoms with Gasteiger partial charge in [0.2, 0.25) is 0 Å². The molecule has 10 heteroatoms. The molecular weight excluding hydrogens is 411 g/mol. The van der Waals surface area contributed by atoms with Gasteiger partial charge >= 0.3 is 6.18 Å². The zero-order valence-electron chi connectivity index (χ0n) is 16.7. The van der Waals surface area contributed by atoms with E-state index in [4.69, 9.17) is 4.52 Å². The van der Waals surface area contributed by atoms with Crippen LogP contribution in [0.25, 0.3) is 11.3 Å². The second-order valence-corrected chi connectivity index (χ2v) is 7.33. The molecule has 31 heavy (non-hydrogen) atoms. The van der Waals surface area contributed by atoms with Crippen LogP contribution in [-0.4, -0.2) is 40.2 Å². The number of aromatic nitrogens is 3. The average molecular weight is 431 g/mol. The second kappa shape index (κ2) is 8.37. The number of amides is 1. The van der Waals surface area contributed by atoms with Crippen LogP contribution in [0.1, 0.15) is 34.8 Å². The molecule has 2 aromatic heterocycles. The number of nitrogens with one attached hydrogen (secondary N) is 1. The van der Waals surface area contributed by atoms with Gasteiger partial charge in [-0.3, -0.25) is 4.79 Å². The van der Waals surface area contributed by atoms with Crippen LogP contribution in [0.5, 0.6) is 0 Å². The molecule has 1 fully saturated rings. The molecule has 162 valence electrons. The number of alkyl halides is 3. The maximum Gasteiger partial charge on any atom is 0.433 e. The number of anilines is 1. The summed E-state index contributed by atoms with van der Waals surface area (Å²) in [5, 5.41) is 6.76. The number of carbonyl (C=O) groups is 1. The molecule has 0 spiro atoms. The quantitative estimate of drug-likeness (QED) is 0.676. The molecule has 1 amide bonds. The molecular formula is C21H20F3N5O2. The highest BCUT2D eigenvalue weighted by Crippen LogP contribution is 2.30. The van der Waals surface area contributed by atoms with Crippen molar-refractivity contribution in [2.24, 2.45) is 0 Å². The molecule has 7 nitrogen and oxygen atoms in total. The predicted molar refractivity (Wildman–Crippen MR) is 106 cm³/mol. The maximum atomic E-state index is 13.0. The number of hydrogen-bond acceptors (Lipinski definition) is 6. The molecule has 0 aliphatic carbocycles. The van der Waals surface area contributed by atoms with Crippen LogP contribution in [-0.2, 0) is 6.18 Å². The van der Waals surface area contributed by atoms with Crippen LogP contribution >= 0.6 is 0 Å². The van der Waals surface area contributed by atoms with Crippen LogP contribution in [0.4, 0.5) is 19.0 Å². The molecule has 1 N–H and O–H groups in total. The summed E-state index contributed by atoms with van der Waals surface area (Å²) in [7, 11) is 0. The maximum absolute atomic E-state index is 13.0. The molecule has 0 saturated carbocycles. The van der Waals surface area contributed by atoms with Gasteiger partial charge in [0.05, 0.1) is 0 Å². The Balaban J connectivity index is 1.36. The zero-order valence-corrected chi connectivity index (χ0v) is 16.7. The first kappa shape index (κ1) is 20.8. The lowest BCUT2D eigenvalue weighted by molar-refractivity contribution is -0.141. The molecule has 1 aliphatic rings. The van der Waals surface area contributed by atoms with Gasteiger partial charge in [-0.1, -0.05) is 35.5 Å². The highest BCUT2D eigenvalue weighted by atomic mass is 19.4. The van der Waals surface area contributed by atoms with E-state index in [1.807, 2.05) is 30.3 Å². The van der Waals surface area contributed by atoms with Crippen molar-refractivity contribution in [3.63, 3.8) is 0 Å². The minimum Gasteiger partial charge on any atom is -0.356 e. The summed E-state index contributed by atoms with van der Waals surface area (Å²) in [5.41, 5.74) is 0.0499. The first-order valence-corrected chi connectivity index (χ1v) is 9.80. The van der Waals surface area contributed by atoms with Crippen molar-refractivity contribution in [2.45, 2.75) is 32.0 Å². The molecule has 0 atom stereocenters. The first-order valence-electron chi connectivity index (χ1n) is 9.80. The topological polar surface area (TPSA) is 84.2 Å². The Kier molecular flexibility index (Phi) is 5.62. The number of piperidine rings is 1. The number of hydrogen-bond donors (Lipinski definition) is 1. The van der Waals surface area contributed by atoms with Crippen molar-refractivity contribution in [3.8, 4) is 11.3 Å². The Hall–Kier alpha value is -3.43. The standard InChI is InChI=1S/C21H20F3N5O2/c1-13-25-18(21(22,23)24)12-19(26-13)29-9-7-15(8-10-29)27-20(30)16-11-17(31-28-16)14-5-3-2-4-6-14/h2-6,11-12,15H,7-10H2,1H3,(H,27,30). The smallest absolute Gasteiger partial charge is 0.356 e. The van der Waals surface area contributed by atoms with E-state index < -0.39 is 11.9 Å². The van der Waals surface area contributed by atoms with Crippen LogP contribution < -0.4 is 10.2 Å². The third kappa shape index (κ3) is 4.84. The highest BCUT2D eigenvalue weighted by molar-refractivity contribution is 5.93. The highest BCUT2D eigenvalue weighted by Gasteiger charge is 2.34. The monoisotopic (exact) mass is 431 g/mol. The van der Waals surface area contributed by atoms with E-state index in [9.17, 15) is 18.0 Å². The van der Waals surface area contributed by atoms with Crippen molar-refractivity contribution in [3.05, 3.63) is 59.7 Å². The minimum atomic E-state index is -4.52. The van der Waals surface area contributed by atoms with Gasteiger partial charge in [0, 0.05) is 36.8 Å². The molecule has 1 aromatic carbocycles. The number of rotatable bonds is 4. The minimum absolute atomic E-state index is 0.0699. The lowest BCUT2D eigenvalue weighted by atomic mass is 10.0. The van der Waals surface area contributed by atoms with Crippen molar-refractivity contribution in [1.82, 2.24) is 20.4 Å². The summed E-state index contributed by atoms with van der Waals surface area (Å²) in [6.07, 6.45) is -3.38. The molecule has 3 heterocycles. The van der Waals surface area contributed by atoms with Crippen molar-refractivity contribution < 1.29 is 22.5 Å². The Labute approximate surface area is 176 Å². The predicted octanol–water partition coefficient (Wildman–Crippen LogP) is 3.86. The molecule has 1 aliphatic heterocycles. The number of nitrogens with zero attached hydrogens (tertiary/aromatic N) is 4. The van der Waals surface area contributed by atoms with Crippen molar-refractivity contribution >= 4 is 11.7 Å². The first-order chi connectivity index (χ1) is 14.8. The van der Waals surface area contributed by atoms with E-state index in [1.165, 1.54) is 6.92 Å². The third-order valence-electron chi connectivity index (χ3n) is 5.07. The van der Waals surface area contributed by atoms with Crippen LogP contribution in [0, 0.1) is 6.92 Å². The summed E-state index contributed by atoms with van der Waals surface area (Å²) < 4.78 is 44.3. The van der Waals surface area contributed by atoms with E-state index >= 15 is 0 Å². The Morgan fingerprint density at radius 1 is 1.13 bits per heavy atom. The second-order valence-electron chi connectivity index (χ2n) is 7.33. The number of carbonyl (C=O) groups excluding carboxylic acids is 1. The average Bonchev–Trinajstić information content (AvgIpc) is 3.24. The lowest BCUT2D eigenvalue weighted by Crippen LogP contribution is -2.45. The van der Waals surface area contributed by atoms with Gasteiger partial charge in [-0.25, -0.2) is 9.97 Å². The lowest BCUT2D eigenvalue weighted by Gasteiger charge is -2.33. The van der Waals surface area contributed by atoms with Gasteiger partial charge in [-0.2, -0.15) is 13.2 Å². The largest absolute Gasteiger partial charge is 0.433 e. The normalized spacial score (nSPS) is 15.2. The van der Waals surface area contributed by atoms with E-state index in [0.29, 0.717) is 31.7 Å². The van der Waals surface area contributed by atoms with Crippen LogP contribution in [0.3, 0.4) is 0 Å². The fraction of sp³-hybridized carbons (Fsp3) is 0.333. The van der Waals surface area contributed by atoms with Gasteiger partial charge in [-0.05, 0) is 19.8 Å². The van der Waals surface area contributed by atoms with Gasteiger partial charge in [0.25, 0.3) is 5.91 Å². The van der Waals surface area contributed by atoms with Gasteiger partial charge < -0.3 is 14.7 Å². The SMILES string of the molecule is Cc1nc(N2CCC(NC(=O)c3cc(-c4ccccc4)on3)CC2)cc(C(F)(F)F)n1. The van der Waals surface area contributed by atoms with E-state index in [-0.39, 0.29) is 29.3 Å². The van der Waals surface area contributed by atoms with E-state index in [2.05, 4.69) is 20.4 Å². The molecule has 4 rings (SSSR count).